The summed E-state index contributed by atoms with van der Waals surface area (Å²) in [6.45, 7) is 4.06. The number of aromatic nitrogens is 3. The van der Waals surface area contributed by atoms with Gasteiger partial charge < -0.3 is 14.2 Å². The van der Waals surface area contributed by atoms with Crippen molar-refractivity contribution in [3.63, 3.8) is 0 Å². The number of benzene rings is 1. The van der Waals surface area contributed by atoms with Crippen molar-refractivity contribution in [1.29, 1.82) is 0 Å². The van der Waals surface area contributed by atoms with Gasteiger partial charge in [-0.2, -0.15) is 0 Å². The number of carbonyl (C=O) groups is 1. The number of nitrogens with zero attached hydrogens (tertiary/aromatic N) is 4. The lowest BCUT2D eigenvalue weighted by molar-refractivity contribution is -0.133. The average Bonchev–Trinajstić information content (AvgIpc) is 3.02. The van der Waals surface area contributed by atoms with Gasteiger partial charge in [-0.05, 0) is 55.4 Å². The van der Waals surface area contributed by atoms with E-state index in [1.165, 1.54) is 11.1 Å². The van der Waals surface area contributed by atoms with Gasteiger partial charge in [-0.3, -0.25) is 4.79 Å². The summed E-state index contributed by atoms with van der Waals surface area (Å²) < 4.78 is 7.44. The minimum absolute atomic E-state index is 0.223. The van der Waals surface area contributed by atoms with Crippen molar-refractivity contribution in [2.75, 3.05) is 13.7 Å². The summed E-state index contributed by atoms with van der Waals surface area (Å²) in [6, 6.07) is 6.27. The third-order valence-electron chi connectivity index (χ3n) is 5.50. The highest BCUT2D eigenvalue weighted by atomic mass is 16.5. The third kappa shape index (κ3) is 3.01. The van der Waals surface area contributed by atoms with Gasteiger partial charge >= 0.3 is 0 Å². The van der Waals surface area contributed by atoms with Gasteiger partial charge in [0.1, 0.15) is 11.6 Å². The van der Waals surface area contributed by atoms with Crippen LogP contribution in [-0.4, -0.2) is 39.2 Å². The first-order chi connectivity index (χ1) is 12.2. The molecule has 1 aromatic heterocycles. The molecule has 0 fully saturated rings. The van der Waals surface area contributed by atoms with Crippen LogP contribution in [0.5, 0.6) is 5.75 Å². The van der Waals surface area contributed by atoms with Gasteiger partial charge in [-0.25, -0.2) is 0 Å². The van der Waals surface area contributed by atoms with Crippen molar-refractivity contribution in [3.8, 4) is 5.75 Å². The van der Waals surface area contributed by atoms with Gasteiger partial charge in [-0.15, -0.1) is 10.2 Å². The lowest BCUT2D eigenvalue weighted by Gasteiger charge is -2.31. The molecule has 2 aliphatic rings. The molecule has 0 saturated carbocycles. The van der Waals surface area contributed by atoms with Crippen LogP contribution in [0.4, 0.5) is 0 Å². The first kappa shape index (κ1) is 16.1. The van der Waals surface area contributed by atoms with E-state index in [-0.39, 0.29) is 5.91 Å². The second-order valence-corrected chi connectivity index (χ2v) is 6.99. The monoisotopic (exact) mass is 340 g/mol. The van der Waals surface area contributed by atoms with Crippen molar-refractivity contribution >= 4 is 5.91 Å². The maximum atomic E-state index is 12.9. The molecule has 0 N–H and O–H groups in total. The fourth-order valence-electron chi connectivity index (χ4n) is 4.09. The van der Waals surface area contributed by atoms with E-state index in [1.807, 2.05) is 17.9 Å². The molecule has 1 unspecified atom stereocenters. The average molecular weight is 340 g/mol. The van der Waals surface area contributed by atoms with Crippen LogP contribution in [0.1, 0.15) is 48.0 Å². The minimum atomic E-state index is 0.223. The van der Waals surface area contributed by atoms with Crippen LogP contribution in [0, 0.1) is 6.92 Å². The normalized spacial score (nSPS) is 19.3. The zero-order valence-electron chi connectivity index (χ0n) is 14.9. The smallest absolute Gasteiger partial charge is 0.223 e. The van der Waals surface area contributed by atoms with E-state index >= 15 is 0 Å². The predicted octanol–water partition coefficient (Wildman–Crippen LogP) is 2.45. The summed E-state index contributed by atoms with van der Waals surface area (Å²) in [5, 5.41) is 8.31. The van der Waals surface area contributed by atoms with E-state index in [0.717, 1.165) is 49.8 Å². The first-order valence-corrected chi connectivity index (χ1v) is 8.99. The molecule has 0 radical (unpaired) electrons. The van der Waals surface area contributed by atoms with Crippen molar-refractivity contribution in [3.05, 3.63) is 41.0 Å². The fraction of sp³-hybridized carbons (Fsp3) is 0.526. The lowest BCUT2D eigenvalue weighted by atomic mass is 9.80. The number of methoxy groups -OCH3 is 1. The molecule has 6 nitrogen and oxygen atoms in total. The van der Waals surface area contributed by atoms with Gasteiger partial charge in [0, 0.05) is 19.5 Å². The molecule has 0 spiro atoms. The van der Waals surface area contributed by atoms with Gasteiger partial charge in [0.15, 0.2) is 5.82 Å². The molecule has 0 bridgehead atoms. The number of ether oxygens (including phenoxy) is 1. The van der Waals surface area contributed by atoms with E-state index < -0.39 is 0 Å². The van der Waals surface area contributed by atoms with Crippen LogP contribution in [0.15, 0.2) is 18.2 Å². The standard InChI is InChI=1S/C19H24N4O2/c1-13-20-21-18-12-22(8-9-23(13)18)19(24)11-15-5-3-4-14-10-16(25-2)6-7-17(14)15/h6-7,10,15H,3-5,8-9,11-12H2,1-2H3. The zero-order valence-corrected chi connectivity index (χ0v) is 14.9. The molecule has 1 aromatic carbocycles. The van der Waals surface area contributed by atoms with E-state index in [9.17, 15) is 4.79 Å². The van der Waals surface area contributed by atoms with Crippen molar-refractivity contribution < 1.29 is 9.53 Å². The molecule has 2 heterocycles. The molecule has 1 aliphatic carbocycles. The highest BCUT2D eigenvalue weighted by molar-refractivity contribution is 5.77. The van der Waals surface area contributed by atoms with Gasteiger partial charge in [0.05, 0.1) is 13.7 Å². The topological polar surface area (TPSA) is 60.2 Å². The molecular weight excluding hydrogens is 316 g/mol. The molecule has 1 amide bonds. The Labute approximate surface area is 147 Å². The highest BCUT2D eigenvalue weighted by Crippen LogP contribution is 2.36. The van der Waals surface area contributed by atoms with Crippen molar-refractivity contribution in [1.82, 2.24) is 19.7 Å². The quantitative estimate of drug-likeness (QED) is 0.861. The molecule has 2 aromatic rings. The van der Waals surface area contributed by atoms with Crippen molar-refractivity contribution in [2.24, 2.45) is 0 Å². The number of rotatable bonds is 3. The Kier molecular flexibility index (Phi) is 4.19. The Morgan fingerprint density at radius 1 is 1.32 bits per heavy atom. The fourth-order valence-corrected chi connectivity index (χ4v) is 4.09. The van der Waals surface area contributed by atoms with Crippen LogP contribution in [0.25, 0.3) is 0 Å². The molecule has 132 valence electrons. The Hall–Kier alpha value is -2.37. The maximum Gasteiger partial charge on any atom is 0.223 e. The van der Waals surface area contributed by atoms with Crippen LogP contribution in [-0.2, 0) is 24.3 Å². The second kappa shape index (κ2) is 6.50. The third-order valence-corrected chi connectivity index (χ3v) is 5.50. The molecule has 0 saturated heterocycles. The van der Waals surface area contributed by atoms with Gasteiger partial charge in [-0.1, -0.05) is 6.07 Å². The SMILES string of the molecule is COc1ccc2c(c1)CCCC2CC(=O)N1CCn2c(C)nnc2C1. The number of carbonyl (C=O) groups excluding carboxylic acids is 1. The summed E-state index contributed by atoms with van der Waals surface area (Å²) in [7, 11) is 1.70. The summed E-state index contributed by atoms with van der Waals surface area (Å²) in [5.74, 6) is 3.25. The number of amides is 1. The Balaban J connectivity index is 1.47. The van der Waals surface area contributed by atoms with Crippen LogP contribution in [0.3, 0.4) is 0 Å². The van der Waals surface area contributed by atoms with Crippen LogP contribution >= 0.6 is 0 Å². The Morgan fingerprint density at radius 2 is 2.20 bits per heavy atom. The van der Waals surface area contributed by atoms with Crippen LogP contribution in [0.2, 0.25) is 0 Å². The molecule has 1 aliphatic heterocycles. The van der Waals surface area contributed by atoms with E-state index in [2.05, 4.69) is 26.9 Å². The Morgan fingerprint density at radius 3 is 3.04 bits per heavy atom. The summed E-state index contributed by atoms with van der Waals surface area (Å²) >= 11 is 0. The van der Waals surface area contributed by atoms with Crippen molar-refractivity contribution in [2.45, 2.75) is 51.6 Å². The predicted molar refractivity (Wildman–Crippen MR) is 93.5 cm³/mol. The summed E-state index contributed by atoms with van der Waals surface area (Å²) in [4.78, 5) is 14.8. The molecular formula is C19H24N4O2. The van der Waals surface area contributed by atoms with Gasteiger partial charge in [0.25, 0.3) is 0 Å². The molecule has 6 heteroatoms. The van der Waals surface area contributed by atoms with E-state index in [1.54, 1.807) is 7.11 Å². The number of aryl methyl sites for hydroxylation is 2. The summed E-state index contributed by atoms with van der Waals surface area (Å²) in [5.41, 5.74) is 2.65. The molecule has 1 atom stereocenters. The van der Waals surface area contributed by atoms with E-state index in [0.29, 0.717) is 18.9 Å². The number of hydrogen-bond acceptors (Lipinski definition) is 4. The molecule has 4 rings (SSSR count). The van der Waals surface area contributed by atoms with E-state index in [4.69, 9.17) is 4.74 Å². The summed E-state index contributed by atoms with van der Waals surface area (Å²) in [6.07, 6.45) is 3.86. The first-order valence-electron chi connectivity index (χ1n) is 8.99. The highest BCUT2D eigenvalue weighted by Gasteiger charge is 2.28. The largest absolute Gasteiger partial charge is 0.497 e. The molecule has 25 heavy (non-hydrogen) atoms. The van der Waals surface area contributed by atoms with Gasteiger partial charge in [0.2, 0.25) is 5.91 Å². The number of fused-ring (bicyclic) bond motifs is 2. The maximum absolute atomic E-state index is 12.9. The lowest BCUT2D eigenvalue weighted by Crippen LogP contribution is -2.39. The number of hydrogen-bond donors (Lipinski definition) is 0. The van der Waals surface area contributed by atoms with Crippen LogP contribution < -0.4 is 4.74 Å². The minimum Gasteiger partial charge on any atom is -0.497 e. The zero-order chi connectivity index (χ0) is 17.4. The second-order valence-electron chi connectivity index (χ2n) is 6.99. The Bertz CT molecular complexity index is 799.